The van der Waals surface area contributed by atoms with Crippen LogP contribution in [0.25, 0.3) is 0 Å². The average Bonchev–Trinajstić information content (AvgIpc) is 2.34. The molecule has 2 heteroatoms. The average molecular weight is 239 g/mol. The molecule has 1 aromatic carbocycles. The van der Waals surface area contributed by atoms with Gasteiger partial charge in [-0.25, -0.2) is 0 Å². The van der Waals surface area contributed by atoms with Gasteiger partial charge < -0.3 is 5.11 Å². The number of benzene rings is 1. The maximum Gasteiger partial charge on any atom is 0.0798 e. The minimum absolute atomic E-state index is 0.343. The van der Waals surface area contributed by atoms with E-state index in [1.807, 2.05) is 13.0 Å². The van der Waals surface area contributed by atoms with Gasteiger partial charge in [0.1, 0.15) is 0 Å². The van der Waals surface area contributed by atoms with Crippen LogP contribution >= 0.6 is 11.6 Å². The summed E-state index contributed by atoms with van der Waals surface area (Å²) in [6, 6.07) is 2.03. The standard InChI is InChI=1S/C14H19ClO/c1-8-4-5-11-9(2)7-12(15)10(3)14(11)13(16)6-8/h7-8,13,16H,4-6H2,1-3H3. The van der Waals surface area contributed by atoms with E-state index in [9.17, 15) is 5.11 Å². The molecule has 0 bridgehead atoms. The van der Waals surface area contributed by atoms with Crippen molar-refractivity contribution in [2.45, 2.75) is 46.1 Å². The lowest BCUT2D eigenvalue weighted by atomic mass is 9.92. The number of fused-ring (bicyclic) bond motifs is 1. The van der Waals surface area contributed by atoms with Gasteiger partial charge in [-0.15, -0.1) is 0 Å². The number of aryl methyl sites for hydroxylation is 1. The highest BCUT2D eigenvalue weighted by atomic mass is 35.5. The highest BCUT2D eigenvalue weighted by Gasteiger charge is 2.24. The number of rotatable bonds is 0. The lowest BCUT2D eigenvalue weighted by Gasteiger charge is -2.18. The molecule has 0 aromatic heterocycles. The first-order valence-corrected chi connectivity index (χ1v) is 6.35. The van der Waals surface area contributed by atoms with E-state index in [1.165, 1.54) is 11.1 Å². The first kappa shape index (κ1) is 11.9. The molecule has 1 N–H and O–H groups in total. The second kappa shape index (κ2) is 4.38. The van der Waals surface area contributed by atoms with Gasteiger partial charge in [0.05, 0.1) is 6.10 Å². The zero-order valence-corrected chi connectivity index (χ0v) is 10.9. The van der Waals surface area contributed by atoms with Crippen LogP contribution in [0.1, 0.15) is 48.1 Å². The molecule has 1 aliphatic rings. The molecular weight excluding hydrogens is 220 g/mol. The summed E-state index contributed by atoms with van der Waals surface area (Å²) in [4.78, 5) is 0. The van der Waals surface area contributed by atoms with E-state index in [0.717, 1.165) is 35.4 Å². The van der Waals surface area contributed by atoms with Gasteiger partial charge in [-0.2, -0.15) is 0 Å². The van der Waals surface area contributed by atoms with Crippen molar-refractivity contribution < 1.29 is 5.11 Å². The van der Waals surface area contributed by atoms with Gasteiger partial charge >= 0.3 is 0 Å². The summed E-state index contributed by atoms with van der Waals surface area (Å²) >= 11 is 6.19. The predicted octanol–water partition coefficient (Wildman–Crippen LogP) is 3.96. The summed E-state index contributed by atoms with van der Waals surface area (Å²) in [6.07, 6.45) is 2.74. The van der Waals surface area contributed by atoms with Crippen molar-refractivity contribution in [2.24, 2.45) is 5.92 Å². The van der Waals surface area contributed by atoms with Crippen LogP contribution in [0.4, 0.5) is 0 Å². The summed E-state index contributed by atoms with van der Waals surface area (Å²) in [7, 11) is 0. The van der Waals surface area contributed by atoms with E-state index < -0.39 is 0 Å². The van der Waals surface area contributed by atoms with Gasteiger partial charge in [-0.3, -0.25) is 0 Å². The molecule has 2 rings (SSSR count). The van der Waals surface area contributed by atoms with Gasteiger partial charge in [-0.1, -0.05) is 18.5 Å². The normalized spacial score (nSPS) is 25.1. The Morgan fingerprint density at radius 1 is 1.38 bits per heavy atom. The molecule has 1 aromatic rings. The Kier molecular flexibility index (Phi) is 3.27. The third-order valence-electron chi connectivity index (χ3n) is 3.75. The van der Waals surface area contributed by atoms with Crippen LogP contribution in [0.2, 0.25) is 5.02 Å². The van der Waals surface area contributed by atoms with Gasteiger partial charge in [0, 0.05) is 5.02 Å². The van der Waals surface area contributed by atoms with Gasteiger partial charge in [0.25, 0.3) is 0 Å². The Bertz CT molecular complexity index is 412. The molecule has 2 atom stereocenters. The number of aliphatic hydroxyl groups is 1. The quantitative estimate of drug-likeness (QED) is 0.679. The molecule has 2 unspecified atom stereocenters. The van der Waals surface area contributed by atoms with Crippen LogP contribution in [-0.4, -0.2) is 5.11 Å². The minimum atomic E-state index is -0.343. The molecule has 0 saturated carbocycles. The fraction of sp³-hybridized carbons (Fsp3) is 0.571. The van der Waals surface area contributed by atoms with Crippen molar-refractivity contribution in [1.29, 1.82) is 0 Å². The minimum Gasteiger partial charge on any atom is -0.388 e. The summed E-state index contributed by atoms with van der Waals surface area (Å²) < 4.78 is 0. The van der Waals surface area contributed by atoms with Crippen molar-refractivity contribution in [3.63, 3.8) is 0 Å². The van der Waals surface area contributed by atoms with Crippen LogP contribution in [-0.2, 0) is 6.42 Å². The van der Waals surface area contributed by atoms with Crippen LogP contribution in [0.3, 0.4) is 0 Å². The Morgan fingerprint density at radius 3 is 2.75 bits per heavy atom. The maximum absolute atomic E-state index is 10.3. The van der Waals surface area contributed by atoms with Crippen molar-refractivity contribution in [2.75, 3.05) is 0 Å². The zero-order valence-electron chi connectivity index (χ0n) is 10.2. The maximum atomic E-state index is 10.3. The van der Waals surface area contributed by atoms with Gasteiger partial charge in [0.15, 0.2) is 0 Å². The largest absolute Gasteiger partial charge is 0.388 e. The van der Waals surface area contributed by atoms with Gasteiger partial charge in [-0.05, 0) is 67.3 Å². The molecule has 0 fully saturated rings. The number of aliphatic hydroxyl groups excluding tert-OH is 1. The SMILES string of the molecule is Cc1cc(Cl)c(C)c2c1CCC(C)CC2O. The molecular formula is C14H19ClO. The van der Waals surface area contributed by atoms with E-state index in [1.54, 1.807) is 0 Å². The van der Waals surface area contributed by atoms with Crippen molar-refractivity contribution in [3.8, 4) is 0 Å². The molecule has 0 heterocycles. The Balaban J connectivity index is 2.59. The Hall–Kier alpha value is -0.530. The first-order chi connectivity index (χ1) is 7.50. The van der Waals surface area contributed by atoms with Crippen LogP contribution in [0.5, 0.6) is 0 Å². The fourth-order valence-corrected chi connectivity index (χ4v) is 3.01. The molecule has 0 radical (unpaired) electrons. The van der Waals surface area contributed by atoms with E-state index in [2.05, 4.69) is 13.8 Å². The molecule has 88 valence electrons. The molecule has 0 amide bonds. The monoisotopic (exact) mass is 238 g/mol. The lowest BCUT2D eigenvalue weighted by Crippen LogP contribution is -2.05. The number of hydrogen-bond donors (Lipinski definition) is 1. The van der Waals surface area contributed by atoms with Crippen LogP contribution in [0.15, 0.2) is 6.07 Å². The molecule has 16 heavy (non-hydrogen) atoms. The number of halogens is 1. The molecule has 0 saturated heterocycles. The third-order valence-corrected chi connectivity index (χ3v) is 4.15. The second-order valence-electron chi connectivity index (χ2n) is 5.09. The predicted molar refractivity (Wildman–Crippen MR) is 68.0 cm³/mol. The van der Waals surface area contributed by atoms with Crippen molar-refractivity contribution in [1.82, 2.24) is 0 Å². The van der Waals surface area contributed by atoms with Gasteiger partial charge in [0.2, 0.25) is 0 Å². The van der Waals surface area contributed by atoms with Crippen molar-refractivity contribution >= 4 is 11.6 Å². The smallest absolute Gasteiger partial charge is 0.0798 e. The fourth-order valence-electron chi connectivity index (χ4n) is 2.74. The Morgan fingerprint density at radius 2 is 2.06 bits per heavy atom. The van der Waals surface area contributed by atoms with Crippen LogP contribution < -0.4 is 0 Å². The van der Waals surface area contributed by atoms with E-state index >= 15 is 0 Å². The highest BCUT2D eigenvalue weighted by molar-refractivity contribution is 6.31. The third kappa shape index (κ3) is 1.99. The summed E-state index contributed by atoms with van der Waals surface area (Å²) in [5.74, 6) is 0.583. The summed E-state index contributed by atoms with van der Waals surface area (Å²) in [6.45, 7) is 6.31. The van der Waals surface area contributed by atoms with Crippen molar-refractivity contribution in [3.05, 3.63) is 33.3 Å². The molecule has 1 nitrogen and oxygen atoms in total. The van der Waals surface area contributed by atoms with E-state index in [0.29, 0.717) is 5.92 Å². The first-order valence-electron chi connectivity index (χ1n) is 5.97. The zero-order chi connectivity index (χ0) is 11.9. The van der Waals surface area contributed by atoms with E-state index in [-0.39, 0.29) is 6.10 Å². The lowest BCUT2D eigenvalue weighted by molar-refractivity contribution is 0.149. The molecule has 0 aliphatic heterocycles. The summed E-state index contributed by atoms with van der Waals surface area (Å²) in [5.41, 5.74) is 4.69. The highest BCUT2D eigenvalue weighted by Crippen LogP contribution is 2.37. The molecule has 0 spiro atoms. The van der Waals surface area contributed by atoms with Crippen LogP contribution in [0, 0.1) is 19.8 Å². The Labute approximate surface area is 102 Å². The van der Waals surface area contributed by atoms with E-state index in [4.69, 9.17) is 11.6 Å². The molecule has 1 aliphatic carbocycles. The second-order valence-corrected chi connectivity index (χ2v) is 5.50. The topological polar surface area (TPSA) is 20.2 Å². The number of hydrogen-bond acceptors (Lipinski definition) is 1. The summed E-state index contributed by atoms with van der Waals surface area (Å²) in [5, 5.41) is 11.1.